The summed E-state index contributed by atoms with van der Waals surface area (Å²) in [6.45, 7) is 7.62. The average Bonchev–Trinajstić information content (AvgIpc) is 3.21. The number of hydrogen-bond acceptors (Lipinski definition) is 7. The number of rotatable bonds is 5. The van der Waals surface area contributed by atoms with Crippen molar-refractivity contribution in [3.63, 3.8) is 0 Å². The molecule has 0 bridgehead atoms. The third-order valence-electron chi connectivity index (χ3n) is 4.96. The van der Waals surface area contributed by atoms with E-state index in [4.69, 9.17) is 14.2 Å². The highest BCUT2D eigenvalue weighted by Gasteiger charge is 2.30. The third kappa shape index (κ3) is 3.76. The Bertz CT molecular complexity index is 664. The van der Waals surface area contributed by atoms with Crippen LogP contribution in [0.3, 0.4) is 0 Å². The number of likely N-dealkylation sites (tertiary alicyclic amines) is 1. The van der Waals surface area contributed by atoms with Gasteiger partial charge in [-0.15, -0.1) is 0 Å². The van der Waals surface area contributed by atoms with Crippen LogP contribution in [0.5, 0.6) is 5.88 Å². The Morgan fingerprint density at radius 3 is 2.84 bits per heavy atom. The van der Waals surface area contributed by atoms with E-state index in [2.05, 4.69) is 28.5 Å². The number of ether oxygens (including phenoxy) is 3. The van der Waals surface area contributed by atoms with Crippen molar-refractivity contribution in [2.45, 2.75) is 44.2 Å². The molecule has 7 heteroatoms. The fourth-order valence-corrected chi connectivity index (χ4v) is 3.54. The van der Waals surface area contributed by atoms with E-state index >= 15 is 0 Å². The maximum absolute atomic E-state index is 11.9. The Balaban J connectivity index is 1.86. The Labute approximate surface area is 148 Å². The third-order valence-corrected chi connectivity index (χ3v) is 4.96. The summed E-state index contributed by atoms with van der Waals surface area (Å²) in [5, 5.41) is 0. The van der Waals surface area contributed by atoms with Crippen molar-refractivity contribution in [1.29, 1.82) is 0 Å². The molecule has 2 saturated heterocycles. The van der Waals surface area contributed by atoms with E-state index in [0.717, 1.165) is 25.8 Å². The summed E-state index contributed by atoms with van der Waals surface area (Å²) in [6, 6.07) is 2.12. The lowest BCUT2D eigenvalue weighted by Gasteiger charge is -2.26. The highest BCUT2D eigenvalue weighted by Crippen LogP contribution is 2.33. The topological polar surface area (TPSA) is 73.8 Å². The Morgan fingerprint density at radius 2 is 2.24 bits per heavy atom. The highest BCUT2D eigenvalue weighted by molar-refractivity contribution is 5.85. The first-order valence-electron chi connectivity index (χ1n) is 8.65. The molecule has 2 fully saturated rings. The van der Waals surface area contributed by atoms with Gasteiger partial charge in [0.05, 0.1) is 31.1 Å². The van der Waals surface area contributed by atoms with E-state index in [-0.39, 0.29) is 17.8 Å². The molecule has 25 heavy (non-hydrogen) atoms. The minimum atomic E-state index is -0.582. The second-order valence-electron chi connectivity index (χ2n) is 6.62. The smallest absolute Gasteiger partial charge is 0.376 e. The van der Waals surface area contributed by atoms with Crippen LogP contribution in [-0.4, -0.2) is 60.3 Å². The van der Waals surface area contributed by atoms with E-state index in [1.54, 1.807) is 6.07 Å². The molecule has 0 spiro atoms. The predicted molar refractivity (Wildman–Crippen MR) is 91.6 cm³/mol. The van der Waals surface area contributed by atoms with Crippen LogP contribution in [-0.2, 0) is 9.47 Å². The van der Waals surface area contributed by atoms with Crippen LogP contribution in [0.4, 0.5) is 0 Å². The number of esters is 1. The Hall–Kier alpha value is -2.15. The number of allylic oxidation sites excluding steroid dienone is 1. The fourth-order valence-electron chi connectivity index (χ4n) is 3.54. The van der Waals surface area contributed by atoms with Crippen LogP contribution in [0, 0.1) is 0 Å². The molecule has 2 aliphatic rings. The maximum Gasteiger partial charge on any atom is 0.376 e. The number of nitrogens with zero attached hydrogens (tertiary/aromatic N) is 3. The van der Waals surface area contributed by atoms with Gasteiger partial charge in [0.25, 0.3) is 0 Å². The molecular formula is C18H25N3O4. The van der Waals surface area contributed by atoms with Gasteiger partial charge in [-0.25, -0.2) is 9.78 Å². The van der Waals surface area contributed by atoms with Gasteiger partial charge in [0.2, 0.25) is 11.7 Å². The molecular weight excluding hydrogens is 322 g/mol. The molecule has 7 nitrogen and oxygen atoms in total. The number of hydrogen-bond donors (Lipinski definition) is 0. The van der Waals surface area contributed by atoms with Gasteiger partial charge in [0, 0.05) is 12.1 Å². The van der Waals surface area contributed by atoms with Crippen molar-refractivity contribution in [2.24, 2.45) is 0 Å². The lowest BCUT2D eigenvalue weighted by molar-refractivity contribution is 0.0581. The van der Waals surface area contributed by atoms with Crippen LogP contribution >= 0.6 is 0 Å². The first-order chi connectivity index (χ1) is 12.0. The van der Waals surface area contributed by atoms with E-state index in [1.165, 1.54) is 7.11 Å². The maximum atomic E-state index is 11.9. The zero-order chi connectivity index (χ0) is 18.0. The molecule has 2 aliphatic heterocycles. The van der Waals surface area contributed by atoms with Gasteiger partial charge >= 0.3 is 5.97 Å². The highest BCUT2D eigenvalue weighted by atomic mass is 16.5. The van der Waals surface area contributed by atoms with Crippen LogP contribution < -0.4 is 4.74 Å². The Kier molecular flexibility index (Phi) is 5.22. The van der Waals surface area contributed by atoms with Crippen molar-refractivity contribution in [2.75, 3.05) is 27.3 Å². The normalized spacial score (nSPS) is 24.8. The summed E-state index contributed by atoms with van der Waals surface area (Å²) < 4.78 is 16.3. The lowest BCUT2D eigenvalue weighted by atomic mass is 10.0. The minimum absolute atomic E-state index is 0.00155. The number of methoxy groups -OCH3 is 1. The second-order valence-corrected chi connectivity index (χ2v) is 6.62. The van der Waals surface area contributed by atoms with Gasteiger partial charge in [-0.3, -0.25) is 4.90 Å². The van der Waals surface area contributed by atoms with Crippen LogP contribution in [0.2, 0.25) is 0 Å². The molecule has 0 aliphatic carbocycles. The zero-order valence-electron chi connectivity index (χ0n) is 15.0. The summed E-state index contributed by atoms with van der Waals surface area (Å²) in [5.74, 6) is 0.406. The van der Waals surface area contributed by atoms with Crippen molar-refractivity contribution in [1.82, 2.24) is 14.9 Å². The largest absolute Gasteiger partial charge is 0.498 e. The van der Waals surface area contributed by atoms with Crippen molar-refractivity contribution >= 4 is 5.97 Å². The van der Waals surface area contributed by atoms with Crippen LogP contribution in [0.1, 0.15) is 48.4 Å². The van der Waals surface area contributed by atoms with Crippen molar-refractivity contribution < 1.29 is 19.0 Å². The lowest BCUT2D eigenvalue weighted by Crippen LogP contribution is -2.38. The molecule has 136 valence electrons. The molecule has 0 N–H and O–H groups in total. The van der Waals surface area contributed by atoms with Gasteiger partial charge < -0.3 is 14.2 Å². The van der Waals surface area contributed by atoms with Gasteiger partial charge in [-0.2, -0.15) is 4.98 Å². The second kappa shape index (κ2) is 7.39. The molecule has 0 saturated carbocycles. The van der Waals surface area contributed by atoms with Gasteiger partial charge in [0.15, 0.2) is 0 Å². The SMILES string of the molecule is C=C1OCC[C@H]1c1cc(O[C@@H](C)[C@@H]2CCCN2C)nc(C(=O)OC)n1. The number of likely N-dealkylation sites (N-methyl/N-ethyl adjacent to an activating group) is 1. The van der Waals surface area contributed by atoms with Crippen molar-refractivity contribution in [3.8, 4) is 5.88 Å². The van der Waals surface area contributed by atoms with E-state index in [1.807, 2.05) is 6.92 Å². The summed E-state index contributed by atoms with van der Waals surface area (Å²) in [7, 11) is 3.41. The average molecular weight is 347 g/mol. The fraction of sp³-hybridized carbons (Fsp3) is 0.611. The molecule has 0 unspecified atom stereocenters. The van der Waals surface area contributed by atoms with Gasteiger partial charge in [0.1, 0.15) is 6.10 Å². The molecule has 3 rings (SSSR count). The van der Waals surface area contributed by atoms with E-state index < -0.39 is 5.97 Å². The molecule has 0 amide bonds. The first-order valence-corrected chi connectivity index (χ1v) is 8.65. The molecule has 0 aromatic carbocycles. The summed E-state index contributed by atoms with van der Waals surface area (Å²) in [4.78, 5) is 22.8. The summed E-state index contributed by atoms with van der Waals surface area (Å²) in [5.41, 5.74) is 0.680. The quantitative estimate of drug-likeness (QED) is 0.756. The van der Waals surface area contributed by atoms with Crippen LogP contribution in [0.15, 0.2) is 18.4 Å². The van der Waals surface area contributed by atoms with E-state index in [0.29, 0.717) is 30.0 Å². The zero-order valence-corrected chi connectivity index (χ0v) is 15.0. The molecule has 3 atom stereocenters. The summed E-state index contributed by atoms with van der Waals surface area (Å²) >= 11 is 0. The van der Waals surface area contributed by atoms with Crippen LogP contribution in [0.25, 0.3) is 0 Å². The minimum Gasteiger partial charge on any atom is -0.498 e. The summed E-state index contributed by atoms with van der Waals surface area (Å²) in [6.07, 6.45) is 2.99. The van der Waals surface area contributed by atoms with E-state index in [9.17, 15) is 4.79 Å². The van der Waals surface area contributed by atoms with Gasteiger partial charge in [-0.1, -0.05) is 6.58 Å². The molecule has 3 heterocycles. The van der Waals surface area contributed by atoms with Gasteiger partial charge in [-0.05, 0) is 39.8 Å². The van der Waals surface area contributed by atoms with Crippen molar-refractivity contribution in [3.05, 3.63) is 29.9 Å². The first kappa shape index (κ1) is 17.7. The Morgan fingerprint density at radius 1 is 1.44 bits per heavy atom. The predicted octanol–water partition coefficient (Wildman–Crippen LogP) is 2.14. The molecule has 0 radical (unpaired) electrons. The number of carbonyl (C=O) groups excluding carboxylic acids is 1. The molecule has 1 aromatic rings. The monoisotopic (exact) mass is 347 g/mol. The number of carbonyl (C=O) groups is 1. The standard InChI is InChI=1S/C18H25N3O4/c1-11-13(7-9-24-11)14-10-16(20-17(19-14)18(22)23-4)25-12(2)15-6-5-8-21(15)3/h10,12-13,15H,1,5-9H2,2-4H3/t12-,13+,15-/m0/s1. The number of aromatic nitrogens is 2. The molecule has 1 aromatic heterocycles.